The molecule has 0 amide bonds. The fourth-order valence-electron chi connectivity index (χ4n) is 1.86. The number of carbonyl (C=O) groups is 1. The monoisotopic (exact) mass is 266 g/mol. The number of carbonyl (C=O) groups excluding carboxylic acids is 1. The molecule has 1 saturated heterocycles. The minimum atomic E-state index is -0.459. The van der Waals surface area contributed by atoms with Crippen LogP contribution in [0.1, 0.15) is 30.1 Å². The molecular formula is C13H18N2O4. The maximum atomic E-state index is 11.7. The molecule has 0 aliphatic carbocycles. The molecule has 1 aromatic heterocycles. The van der Waals surface area contributed by atoms with Crippen molar-refractivity contribution in [1.29, 1.82) is 0 Å². The fraction of sp³-hybridized carbons (Fsp3) is 0.538. The van der Waals surface area contributed by atoms with Crippen LogP contribution in [0.15, 0.2) is 12.3 Å². The van der Waals surface area contributed by atoms with Gasteiger partial charge in [0.05, 0.1) is 37.3 Å². The van der Waals surface area contributed by atoms with Gasteiger partial charge in [-0.15, -0.1) is 0 Å². The van der Waals surface area contributed by atoms with Crippen molar-refractivity contribution in [2.45, 2.75) is 25.9 Å². The number of rotatable bonds is 4. The highest BCUT2D eigenvalue weighted by Crippen LogP contribution is 2.21. The fourth-order valence-corrected chi connectivity index (χ4v) is 1.86. The maximum absolute atomic E-state index is 11.7. The molecule has 2 rings (SSSR count). The molecule has 104 valence electrons. The van der Waals surface area contributed by atoms with E-state index in [9.17, 15) is 4.79 Å². The zero-order valence-electron chi connectivity index (χ0n) is 10.9. The highest BCUT2D eigenvalue weighted by molar-refractivity contribution is 5.95. The average molecular weight is 266 g/mol. The van der Waals surface area contributed by atoms with Gasteiger partial charge in [-0.2, -0.15) is 0 Å². The van der Waals surface area contributed by atoms with E-state index in [0.29, 0.717) is 31.3 Å². The van der Waals surface area contributed by atoms with Crippen molar-refractivity contribution >= 4 is 11.7 Å². The number of ether oxygens (including phenoxy) is 3. The number of esters is 1. The second-order valence-corrected chi connectivity index (χ2v) is 4.26. The number of nitrogen functional groups attached to an aromatic ring is 1. The summed E-state index contributed by atoms with van der Waals surface area (Å²) in [5.74, 6) is -0.0663. The van der Waals surface area contributed by atoms with Gasteiger partial charge in [-0.3, -0.25) is 0 Å². The van der Waals surface area contributed by atoms with Gasteiger partial charge in [0.1, 0.15) is 6.10 Å². The normalized spacial score (nSPS) is 16.1. The molecule has 0 spiro atoms. The maximum Gasteiger partial charge on any atom is 0.340 e. The molecule has 2 heterocycles. The Morgan fingerprint density at radius 3 is 2.95 bits per heavy atom. The SMILES string of the molecule is CCOC(=O)c1cc(OC2CCOCC2)ncc1N. The Morgan fingerprint density at radius 1 is 1.53 bits per heavy atom. The Balaban J connectivity index is 2.08. The Hall–Kier alpha value is -1.82. The standard InChI is InChI=1S/C13H18N2O4/c1-2-18-13(16)10-7-12(15-8-11(10)14)19-9-3-5-17-6-4-9/h7-9H,2-6,14H2,1H3. The Bertz CT molecular complexity index is 444. The van der Waals surface area contributed by atoms with Gasteiger partial charge >= 0.3 is 5.97 Å². The van der Waals surface area contributed by atoms with E-state index in [1.165, 1.54) is 12.3 Å². The van der Waals surface area contributed by atoms with Gasteiger partial charge in [-0.1, -0.05) is 0 Å². The third kappa shape index (κ3) is 3.57. The second kappa shape index (κ2) is 6.38. The lowest BCUT2D eigenvalue weighted by Crippen LogP contribution is -2.26. The van der Waals surface area contributed by atoms with Crippen LogP contribution in [0.2, 0.25) is 0 Å². The van der Waals surface area contributed by atoms with E-state index in [0.717, 1.165) is 12.8 Å². The molecule has 6 nitrogen and oxygen atoms in total. The van der Waals surface area contributed by atoms with Gasteiger partial charge in [0, 0.05) is 18.9 Å². The smallest absolute Gasteiger partial charge is 0.340 e. The van der Waals surface area contributed by atoms with Crippen molar-refractivity contribution < 1.29 is 19.0 Å². The van der Waals surface area contributed by atoms with Crippen molar-refractivity contribution in [2.24, 2.45) is 0 Å². The van der Waals surface area contributed by atoms with E-state index in [-0.39, 0.29) is 11.8 Å². The van der Waals surface area contributed by atoms with E-state index in [1.54, 1.807) is 6.92 Å². The van der Waals surface area contributed by atoms with E-state index in [4.69, 9.17) is 19.9 Å². The first-order valence-corrected chi connectivity index (χ1v) is 6.37. The highest BCUT2D eigenvalue weighted by atomic mass is 16.5. The van der Waals surface area contributed by atoms with Crippen molar-refractivity contribution in [2.75, 3.05) is 25.6 Å². The number of nitrogens with two attached hydrogens (primary N) is 1. The lowest BCUT2D eigenvalue weighted by atomic mass is 10.1. The molecule has 2 N–H and O–H groups in total. The summed E-state index contributed by atoms with van der Waals surface area (Å²) in [6.45, 7) is 3.42. The largest absolute Gasteiger partial charge is 0.474 e. The van der Waals surface area contributed by atoms with Gasteiger partial charge < -0.3 is 19.9 Å². The lowest BCUT2D eigenvalue weighted by molar-refractivity contribution is 0.0235. The first-order chi connectivity index (χ1) is 9.20. The van der Waals surface area contributed by atoms with Crippen LogP contribution in [-0.4, -0.2) is 36.9 Å². The second-order valence-electron chi connectivity index (χ2n) is 4.26. The molecule has 1 aliphatic heterocycles. The van der Waals surface area contributed by atoms with Gasteiger partial charge in [0.25, 0.3) is 0 Å². The number of anilines is 1. The molecule has 19 heavy (non-hydrogen) atoms. The van der Waals surface area contributed by atoms with Crippen LogP contribution < -0.4 is 10.5 Å². The number of hydrogen-bond donors (Lipinski definition) is 1. The van der Waals surface area contributed by atoms with E-state index in [1.807, 2.05) is 0 Å². The third-order valence-electron chi connectivity index (χ3n) is 2.86. The molecule has 0 aromatic carbocycles. The number of aromatic nitrogens is 1. The lowest BCUT2D eigenvalue weighted by Gasteiger charge is -2.22. The summed E-state index contributed by atoms with van der Waals surface area (Å²) in [5.41, 5.74) is 6.30. The molecule has 1 aliphatic rings. The third-order valence-corrected chi connectivity index (χ3v) is 2.86. The number of hydrogen-bond acceptors (Lipinski definition) is 6. The summed E-state index contributed by atoms with van der Waals surface area (Å²) >= 11 is 0. The first-order valence-electron chi connectivity index (χ1n) is 6.37. The van der Waals surface area contributed by atoms with Crippen LogP contribution >= 0.6 is 0 Å². The summed E-state index contributed by atoms with van der Waals surface area (Å²) in [5, 5.41) is 0. The average Bonchev–Trinajstić information content (AvgIpc) is 2.42. The zero-order valence-corrected chi connectivity index (χ0v) is 10.9. The first kappa shape index (κ1) is 13.6. The summed E-state index contributed by atoms with van der Waals surface area (Å²) in [6, 6.07) is 1.53. The Kier molecular flexibility index (Phi) is 4.57. The predicted molar refractivity (Wildman–Crippen MR) is 69.1 cm³/mol. The van der Waals surface area contributed by atoms with Gasteiger partial charge in [-0.05, 0) is 6.92 Å². The Morgan fingerprint density at radius 2 is 2.26 bits per heavy atom. The van der Waals surface area contributed by atoms with Crippen LogP contribution in [0.3, 0.4) is 0 Å². The summed E-state index contributed by atoms with van der Waals surface area (Å²) < 4.78 is 15.9. The molecule has 0 unspecified atom stereocenters. The van der Waals surface area contributed by atoms with Gasteiger partial charge in [0.2, 0.25) is 5.88 Å². The number of nitrogens with zero attached hydrogens (tertiary/aromatic N) is 1. The van der Waals surface area contributed by atoms with Gasteiger partial charge in [-0.25, -0.2) is 9.78 Å². The molecule has 0 atom stereocenters. The van der Waals surface area contributed by atoms with E-state index >= 15 is 0 Å². The summed E-state index contributed by atoms with van der Waals surface area (Å²) in [4.78, 5) is 15.8. The topological polar surface area (TPSA) is 83.7 Å². The molecule has 0 radical (unpaired) electrons. The van der Waals surface area contributed by atoms with Gasteiger partial charge in [0.15, 0.2) is 0 Å². The van der Waals surface area contributed by atoms with Crippen molar-refractivity contribution in [3.05, 3.63) is 17.8 Å². The minimum absolute atomic E-state index is 0.0694. The Labute approximate surface area is 111 Å². The van der Waals surface area contributed by atoms with Crippen molar-refractivity contribution in [3.8, 4) is 5.88 Å². The minimum Gasteiger partial charge on any atom is -0.474 e. The molecular weight excluding hydrogens is 248 g/mol. The van der Waals surface area contributed by atoms with Crippen molar-refractivity contribution in [3.63, 3.8) is 0 Å². The predicted octanol–water partition coefficient (Wildman–Crippen LogP) is 1.40. The highest BCUT2D eigenvalue weighted by Gasteiger charge is 2.18. The van der Waals surface area contributed by atoms with E-state index < -0.39 is 5.97 Å². The van der Waals surface area contributed by atoms with Crippen LogP contribution in [0.4, 0.5) is 5.69 Å². The molecule has 0 saturated carbocycles. The zero-order chi connectivity index (χ0) is 13.7. The van der Waals surface area contributed by atoms with Crippen LogP contribution in [0.25, 0.3) is 0 Å². The molecule has 6 heteroatoms. The summed E-state index contributed by atoms with van der Waals surface area (Å²) in [6.07, 6.45) is 3.13. The summed E-state index contributed by atoms with van der Waals surface area (Å²) in [7, 11) is 0. The molecule has 0 bridgehead atoms. The van der Waals surface area contributed by atoms with E-state index in [2.05, 4.69) is 4.98 Å². The number of pyridine rings is 1. The van der Waals surface area contributed by atoms with Crippen molar-refractivity contribution in [1.82, 2.24) is 4.98 Å². The van der Waals surface area contributed by atoms with Crippen LogP contribution in [0, 0.1) is 0 Å². The van der Waals surface area contributed by atoms with Crippen LogP contribution in [0.5, 0.6) is 5.88 Å². The molecule has 1 fully saturated rings. The molecule has 1 aromatic rings. The van der Waals surface area contributed by atoms with Crippen LogP contribution in [-0.2, 0) is 9.47 Å². The quantitative estimate of drug-likeness (QED) is 0.829.